The van der Waals surface area contributed by atoms with Crippen LogP contribution in [-0.4, -0.2) is 17.1 Å². The van der Waals surface area contributed by atoms with Crippen molar-refractivity contribution in [2.45, 2.75) is 13.0 Å². The Kier molecular flexibility index (Phi) is 7.52. The van der Waals surface area contributed by atoms with Gasteiger partial charge in [-0.2, -0.15) is 0 Å². The summed E-state index contributed by atoms with van der Waals surface area (Å²) in [6, 6.07) is 24.0. The summed E-state index contributed by atoms with van der Waals surface area (Å²) in [5.74, 6) is 0.911. The van der Waals surface area contributed by atoms with E-state index in [0.29, 0.717) is 0 Å². The van der Waals surface area contributed by atoms with Crippen LogP contribution in [0.2, 0.25) is 0 Å². The highest BCUT2D eigenvalue weighted by Crippen LogP contribution is 2.32. The molecule has 6 heteroatoms. The quantitative estimate of drug-likeness (QED) is 0.286. The van der Waals surface area contributed by atoms with Crippen LogP contribution in [0.4, 0.5) is 3.89 Å². The van der Waals surface area contributed by atoms with Gasteiger partial charge in [0, 0.05) is 6.54 Å². The average Bonchev–Trinajstić information content (AvgIpc) is 2.87. The minimum absolute atomic E-state index is 0. The van der Waals surface area contributed by atoms with Crippen LogP contribution in [0, 0.1) is 0 Å². The summed E-state index contributed by atoms with van der Waals surface area (Å²) in [6.07, 6.45) is 5.19. The first-order valence-electron chi connectivity index (χ1n) is 9.66. The fourth-order valence-corrected chi connectivity index (χ4v) is 4.09. The van der Waals surface area contributed by atoms with E-state index < -0.39 is 12.4 Å². The number of hydrogen-bond donors (Lipinski definition) is 2. The highest BCUT2D eigenvalue weighted by atomic mass is 32.2. The summed E-state index contributed by atoms with van der Waals surface area (Å²) in [7, 11) is 1.73. The van der Waals surface area contributed by atoms with Gasteiger partial charge >= 0.3 is 0 Å². The lowest BCUT2D eigenvalue weighted by molar-refractivity contribution is 0.414. The molecule has 1 heterocycles. The van der Waals surface area contributed by atoms with Crippen molar-refractivity contribution in [2.75, 3.05) is 7.11 Å². The molecule has 1 aliphatic heterocycles. The van der Waals surface area contributed by atoms with Crippen LogP contribution in [0.5, 0.6) is 5.75 Å². The van der Waals surface area contributed by atoms with Gasteiger partial charge in [0.1, 0.15) is 5.75 Å². The SMILES string of the molecule is COc1ccc2c(c1)Cc1ccc3c(ccc4ccccc43)c1/C=C\NC2.O.OSF. The Morgan fingerprint density at radius 1 is 0.903 bits per heavy atom. The van der Waals surface area contributed by atoms with Gasteiger partial charge in [0.05, 0.1) is 7.11 Å². The van der Waals surface area contributed by atoms with Crippen LogP contribution >= 0.6 is 12.4 Å². The first kappa shape index (κ1) is 22.6. The zero-order valence-corrected chi connectivity index (χ0v) is 17.9. The lowest BCUT2D eigenvalue weighted by atomic mass is 9.91. The lowest BCUT2D eigenvalue weighted by Crippen LogP contribution is -2.06. The van der Waals surface area contributed by atoms with Gasteiger partial charge in [-0.05, 0) is 74.6 Å². The van der Waals surface area contributed by atoms with Crippen molar-refractivity contribution >= 4 is 40.0 Å². The Morgan fingerprint density at radius 3 is 2.45 bits per heavy atom. The van der Waals surface area contributed by atoms with Gasteiger partial charge < -0.3 is 20.1 Å². The van der Waals surface area contributed by atoms with Crippen molar-refractivity contribution in [2.24, 2.45) is 0 Å². The molecule has 0 fully saturated rings. The average molecular weight is 438 g/mol. The number of fused-ring (bicyclic) bond motifs is 6. The van der Waals surface area contributed by atoms with E-state index >= 15 is 0 Å². The highest BCUT2D eigenvalue weighted by molar-refractivity contribution is 7.88. The molecule has 0 unspecified atom stereocenters. The number of ether oxygens (including phenoxy) is 1. The number of methoxy groups -OCH3 is 1. The van der Waals surface area contributed by atoms with E-state index in [-0.39, 0.29) is 5.48 Å². The molecule has 160 valence electrons. The molecule has 0 bridgehead atoms. The van der Waals surface area contributed by atoms with Crippen molar-refractivity contribution in [3.8, 4) is 5.75 Å². The molecule has 0 saturated heterocycles. The van der Waals surface area contributed by atoms with Gasteiger partial charge in [0.2, 0.25) is 12.4 Å². The Balaban J connectivity index is 0.000000645. The molecule has 1 aliphatic rings. The molecule has 4 N–H and O–H groups in total. The summed E-state index contributed by atoms with van der Waals surface area (Å²) in [5.41, 5.74) is 5.26. The highest BCUT2D eigenvalue weighted by Gasteiger charge is 2.13. The van der Waals surface area contributed by atoms with Gasteiger partial charge in [-0.1, -0.05) is 54.6 Å². The molecule has 0 amide bonds. The number of hydrogen-bond acceptors (Lipinski definition) is 4. The topological polar surface area (TPSA) is 73.0 Å². The van der Waals surface area contributed by atoms with E-state index in [4.69, 9.17) is 9.29 Å². The molecule has 4 aromatic carbocycles. The maximum Gasteiger partial charge on any atom is 0.205 e. The molecule has 0 spiro atoms. The third kappa shape index (κ3) is 4.66. The van der Waals surface area contributed by atoms with E-state index in [1.54, 1.807) is 7.11 Å². The second-order valence-corrected chi connectivity index (χ2v) is 7.25. The minimum atomic E-state index is -0.750. The summed E-state index contributed by atoms with van der Waals surface area (Å²) in [4.78, 5) is 0. The summed E-state index contributed by atoms with van der Waals surface area (Å²) in [5, 5.41) is 8.64. The van der Waals surface area contributed by atoms with Crippen LogP contribution in [0.15, 0.2) is 72.9 Å². The number of rotatable bonds is 1. The number of benzene rings is 4. The predicted molar refractivity (Wildman–Crippen MR) is 128 cm³/mol. The van der Waals surface area contributed by atoms with Crippen LogP contribution < -0.4 is 10.1 Å². The maximum absolute atomic E-state index is 9.76. The van der Waals surface area contributed by atoms with Gasteiger partial charge in [-0.3, -0.25) is 0 Å². The Hall–Kier alpha value is -3.06. The van der Waals surface area contributed by atoms with Crippen LogP contribution in [0.3, 0.4) is 0 Å². The molecule has 0 aliphatic carbocycles. The summed E-state index contributed by atoms with van der Waals surface area (Å²) in [6.45, 7) is 0.824. The number of nitrogens with one attached hydrogen (secondary N) is 1. The standard InChI is InChI=1S/C25H21NO.FHOS.H2O/c1-27-21-9-6-19-16-26-13-12-23-18(14-20(19)15-21)8-11-24-22-5-3-2-4-17(22)7-10-25(23)24;1-3-2;/h2-13,15,26H,14,16H2,1H3;2H;1H2/b13-12-;;. The zero-order chi connectivity index (χ0) is 20.9. The summed E-state index contributed by atoms with van der Waals surface area (Å²) < 4.78 is 22.0. The molecule has 5 rings (SSSR count). The lowest BCUT2D eigenvalue weighted by Gasteiger charge is -2.14. The monoisotopic (exact) mass is 437 g/mol. The molecule has 31 heavy (non-hydrogen) atoms. The molecule has 0 aromatic heterocycles. The Labute approximate surface area is 185 Å². The van der Waals surface area contributed by atoms with E-state index in [1.165, 1.54) is 43.8 Å². The minimum Gasteiger partial charge on any atom is -0.497 e. The Bertz CT molecular complexity index is 1230. The van der Waals surface area contributed by atoms with Crippen LogP contribution in [0.1, 0.15) is 22.3 Å². The first-order chi connectivity index (χ1) is 14.7. The first-order valence-corrected chi connectivity index (χ1v) is 10.3. The molecular weight excluding hydrogens is 413 g/mol. The second-order valence-electron chi connectivity index (χ2n) is 7.11. The molecule has 0 saturated carbocycles. The number of halogens is 1. The third-order valence-corrected chi connectivity index (χ3v) is 5.51. The zero-order valence-electron chi connectivity index (χ0n) is 17.1. The molecule has 4 nitrogen and oxygen atoms in total. The van der Waals surface area contributed by atoms with Gasteiger partial charge in [-0.25, -0.2) is 0 Å². The van der Waals surface area contributed by atoms with Crippen molar-refractivity contribution in [3.63, 3.8) is 0 Å². The molecular formula is C25H24FNO3S. The van der Waals surface area contributed by atoms with E-state index in [2.05, 4.69) is 78.3 Å². The van der Waals surface area contributed by atoms with Gasteiger partial charge in [-0.15, -0.1) is 3.89 Å². The van der Waals surface area contributed by atoms with Gasteiger partial charge in [0.15, 0.2) is 0 Å². The Morgan fingerprint density at radius 2 is 1.65 bits per heavy atom. The van der Waals surface area contributed by atoms with Crippen molar-refractivity contribution in [1.82, 2.24) is 5.32 Å². The van der Waals surface area contributed by atoms with E-state index in [1.807, 2.05) is 6.07 Å². The second kappa shape index (κ2) is 10.3. The largest absolute Gasteiger partial charge is 0.497 e. The normalized spacial score (nSPS) is 13.1. The van der Waals surface area contributed by atoms with Crippen LogP contribution in [0.25, 0.3) is 27.6 Å². The van der Waals surface area contributed by atoms with Crippen molar-refractivity contribution in [1.29, 1.82) is 0 Å². The van der Waals surface area contributed by atoms with Gasteiger partial charge in [0.25, 0.3) is 0 Å². The fourth-order valence-electron chi connectivity index (χ4n) is 4.09. The van der Waals surface area contributed by atoms with Crippen molar-refractivity contribution < 1.29 is 18.7 Å². The molecule has 0 atom stereocenters. The van der Waals surface area contributed by atoms with E-state index in [9.17, 15) is 3.89 Å². The molecule has 0 radical (unpaired) electrons. The third-order valence-electron chi connectivity index (χ3n) is 5.51. The van der Waals surface area contributed by atoms with Crippen molar-refractivity contribution in [3.05, 3.63) is 95.2 Å². The summed E-state index contributed by atoms with van der Waals surface area (Å²) >= 11 is -0.750. The fraction of sp³-hybridized carbons (Fsp3) is 0.120. The maximum atomic E-state index is 9.76. The molecule has 4 aromatic rings. The smallest absolute Gasteiger partial charge is 0.205 e. The predicted octanol–water partition coefficient (Wildman–Crippen LogP) is 5.92. The van der Waals surface area contributed by atoms with Crippen LogP contribution in [-0.2, 0) is 13.0 Å². The van der Waals surface area contributed by atoms with E-state index in [0.717, 1.165) is 18.7 Å².